The molecule has 152 valence electrons. The molecule has 0 bridgehead atoms. The van der Waals surface area contributed by atoms with Crippen LogP contribution in [0, 0.1) is 11.8 Å². The lowest BCUT2D eigenvalue weighted by Crippen LogP contribution is -2.40. The summed E-state index contributed by atoms with van der Waals surface area (Å²) in [6.07, 6.45) is 2.56. The molecule has 1 aliphatic rings. The summed E-state index contributed by atoms with van der Waals surface area (Å²) >= 11 is 0. The van der Waals surface area contributed by atoms with Gasteiger partial charge in [0.1, 0.15) is 5.75 Å². The fraction of sp³-hybridized carbons (Fsp3) is 0.682. The van der Waals surface area contributed by atoms with E-state index in [2.05, 4.69) is 74.5 Å². The maximum Gasteiger partial charge on any atom is 0.191 e. The van der Waals surface area contributed by atoms with E-state index < -0.39 is 0 Å². The molecule has 0 saturated carbocycles. The van der Waals surface area contributed by atoms with Crippen LogP contribution in [0.3, 0.4) is 0 Å². The van der Waals surface area contributed by atoms with Crippen LogP contribution in [0.25, 0.3) is 0 Å². The fourth-order valence-electron chi connectivity index (χ4n) is 3.37. The highest BCUT2D eigenvalue weighted by molar-refractivity contribution is 5.80. The molecule has 0 amide bonds. The van der Waals surface area contributed by atoms with Crippen LogP contribution in [0.1, 0.15) is 52.1 Å². The molecule has 1 aliphatic heterocycles. The second kappa shape index (κ2) is 11.2. The molecular formula is C22H38N4O. The number of benzene rings is 1. The van der Waals surface area contributed by atoms with Crippen molar-refractivity contribution in [1.82, 2.24) is 15.5 Å². The molecule has 0 aromatic heterocycles. The summed E-state index contributed by atoms with van der Waals surface area (Å²) in [4.78, 5) is 7.26. The lowest BCUT2D eigenvalue weighted by atomic mass is 9.99. The van der Waals surface area contributed by atoms with E-state index in [0.717, 1.165) is 38.0 Å². The Morgan fingerprint density at radius 3 is 2.63 bits per heavy atom. The normalized spacial score (nSPS) is 19.8. The third-order valence-electron chi connectivity index (χ3n) is 4.89. The van der Waals surface area contributed by atoms with E-state index in [4.69, 9.17) is 9.73 Å². The number of nitrogens with one attached hydrogen (secondary N) is 2. The molecule has 1 fully saturated rings. The first-order valence-corrected chi connectivity index (χ1v) is 10.4. The largest absolute Gasteiger partial charge is 0.493 e. The Labute approximate surface area is 165 Å². The van der Waals surface area contributed by atoms with Crippen LogP contribution in [0.5, 0.6) is 5.75 Å². The van der Waals surface area contributed by atoms with Gasteiger partial charge in [-0.25, -0.2) is 0 Å². The smallest absolute Gasteiger partial charge is 0.191 e. The van der Waals surface area contributed by atoms with Gasteiger partial charge < -0.3 is 20.3 Å². The number of piperidine rings is 1. The third kappa shape index (κ3) is 7.79. The van der Waals surface area contributed by atoms with Gasteiger partial charge in [-0.3, -0.25) is 4.99 Å². The molecule has 1 saturated heterocycles. The standard InChI is InChI=1S/C22H38N4O/c1-6-23-22(24-14-19-8-7-13-26(5)15-19)25-18(4)20-9-11-21(12-10-20)27-16-17(2)3/h9-12,17-19H,6-8,13-16H2,1-5H3,(H2,23,24,25). The van der Waals surface area contributed by atoms with Crippen LogP contribution in [0.4, 0.5) is 0 Å². The Kier molecular flexibility index (Phi) is 8.92. The van der Waals surface area contributed by atoms with Crippen molar-refractivity contribution in [2.45, 2.75) is 46.6 Å². The van der Waals surface area contributed by atoms with Crippen LogP contribution in [0.15, 0.2) is 29.3 Å². The van der Waals surface area contributed by atoms with Crippen molar-refractivity contribution in [3.05, 3.63) is 29.8 Å². The van der Waals surface area contributed by atoms with E-state index in [0.29, 0.717) is 11.8 Å². The van der Waals surface area contributed by atoms with E-state index in [1.165, 1.54) is 24.9 Å². The highest BCUT2D eigenvalue weighted by Gasteiger charge is 2.17. The molecule has 1 aromatic rings. The average Bonchev–Trinajstić information content (AvgIpc) is 2.65. The maximum atomic E-state index is 5.78. The predicted octanol–water partition coefficient (Wildman–Crippen LogP) is 3.68. The summed E-state index contributed by atoms with van der Waals surface area (Å²) in [5, 5.41) is 6.92. The lowest BCUT2D eigenvalue weighted by molar-refractivity contribution is 0.214. The summed E-state index contributed by atoms with van der Waals surface area (Å²) in [6.45, 7) is 13.5. The zero-order valence-electron chi connectivity index (χ0n) is 17.8. The van der Waals surface area contributed by atoms with E-state index >= 15 is 0 Å². The van der Waals surface area contributed by atoms with Gasteiger partial charge in [0, 0.05) is 19.6 Å². The molecule has 0 radical (unpaired) electrons. The predicted molar refractivity (Wildman–Crippen MR) is 115 cm³/mol. The number of hydrogen-bond acceptors (Lipinski definition) is 3. The number of aliphatic imine (C=N–C) groups is 1. The minimum atomic E-state index is 0.191. The first kappa shape index (κ1) is 21.5. The number of hydrogen-bond donors (Lipinski definition) is 2. The van der Waals surface area contributed by atoms with Gasteiger partial charge >= 0.3 is 0 Å². The molecule has 5 nitrogen and oxygen atoms in total. The van der Waals surface area contributed by atoms with Crippen LogP contribution in [0.2, 0.25) is 0 Å². The topological polar surface area (TPSA) is 48.9 Å². The van der Waals surface area contributed by atoms with Gasteiger partial charge in [0.2, 0.25) is 0 Å². The number of rotatable bonds is 8. The van der Waals surface area contributed by atoms with Crippen molar-refractivity contribution in [3.63, 3.8) is 0 Å². The van der Waals surface area contributed by atoms with Gasteiger partial charge in [-0.15, -0.1) is 0 Å². The molecule has 2 N–H and O–H groups in total. The van der Waals surface area contributed by atoms with Crippen molar-refractivity contribution in [2.24, 2.45) is 16.8 Å². The lowest BCUT2D eigenvalue weighted by Gasteiger charge is -2.29. The quantitative estimate of drug-likeness (QED) is 0.538. The molecule has 0 spiro atoms. The first-order chi connectivity index (χ1) is 13.0. The maximum absolute atomic E-state index is 5.78. The highest BCUT2D eigenvalue weighted by atomic mass is 16.5. The number of ether oxygens (including phenoxy) is 1. The van der Waals surface area contributed by atoms with E-state index in [1.54, 1.807) is 0 Å². The second-order valence-corrected chi connectivity index (χ2v) is 8.13. The molecule has 1 heterocycles. The Bertz CT molecular complexity index is 570. The van der Waals surface area contributed by atoms with Crippen LogP contribution in [-0.2, 0) is 0 Å². The SMILES string of the molecule is CCNC(=NCC1CCCN(C)C1)NC(C)c1ccc(OCC(C)C)cc1. The van der Waals surface area contributed by atoms with Crippen molar-refractivity contribution in [1.29, 1.82) is 0 Å². The van der Waals surface area contributed by atoms with Gasteiger partial charge in [0.15, 0.2) is 5.96 Å². The molecule has 27 heavy (non-hydrogen) atoms. The van der Waals surface area contributed by atoms with Crippen LogP contribution in [-0.4, -0.2) is 50.7 Å². The van der Waals surface area contributed by atoms with E-state index in [9.17, 15) is 0 Å². The fourth-order valence-corrected chi connectivity index (χ4v) is 3.37. The van der Waals surface area contributed by atoms with Gasteiger partial charge in [0.25, 0.3) is 0 Å². The Balaban J connectivity index is 1.91. The zero-order chi connectivity index (χ0) is 19.6. The summed E-state index contributed by atoms with van der Waals surface area (Å²) < 4.78 is 5.78. The highest BCUT2D eigenvalue weighted by Crippen LogP contribution is 2.19. The van der Waals surface area contributed by atoms with Gasteiger partial charge in [-0.05, 0) is 69.8 Å². The Hall–Kier alpha value is -1.75. The van der Waals surface area contributed by atoms with Crippen molar-refractivity contribution in [3.8, 4) is 5.75 Å². The molecule has 2 rings (SSSR count). The summed E-state index contributed by atoms with van der Waals surface area (Å²) in [5.41, 5.74) is 1.23. The molecular weight excluding hydrogens is 336 g/mol. The molecule has 2 atom stereocenters. The molecule has 0 aliphatic carbocycles. The van der Waals surface area contributed by atoms with Crippen LogP contribution >= 0.6 is 0 Å². The van der Waals surface area contributed by atoms with Gasteiger partial charge in [-0.2, -0.15) is 0 Å². The second-order valence-electron chi connectivity index (χ2n) is 8.13. The summed E-state index contributed by atoms with van der Waals surface area (Å²) in [5.74, 6) is 3.03. The summed E-state index contributed by atoms with van der Waals surface area (Å²) in [7, 11) is 2.20. The minimum absolute atomic E-state index is 0.191. The monoisotopic (exact) mass is 374 g/mol. The molecule has 2 unspecified atom stereocenters. The number of likely N-dealkylation sites (tertiary alicyclic amines) is 1. The third-order valence-corrected chi connectivity index (χ3v) is 4.89. The summed E-state index contributed by atoms with van der Waals surface area (Å²) in [6, 6.07) is 8.56. The Morgan fingerprint density at radius 1 is 1.26 bits per heavy atom. The van der Waals surface area contributed by atoms with Crippen molar-refractivity contribution >= 4 is 5.96 Å². The minimum Gasteiger partial charge on any atom is -0.493 e. The van der Waals surface area contributed by atoms with Crippen LogP contribution < -0.4 is 15.4 Å². The molecule has 1 aromatic carbocycles. The van der Waals surface area contributed by atoms with Gasteiger partial charge in [-0.1, -0.05) is 26.0 Å². The van der Waals surface area contributed by atoms with Crippen molar-refractivity contribution in [2.75, 3.05) is 39.8 Å². The van der Waals surface area contributed by atoms with Gasteiger partial charge in [0.05, 0.1) is 12.6 Å². The number of nitrogens with zero attached hydrogens (tertiary/aromatic N) is 2. The first-order valence-electron chi connectivity index (χ1n) is 10.4. The molecule has 5 heteroatoms. The van der Waals surface area contributed by atoms with E-state index in [1.807, 2.05) is 0 Å². The average molecular weight is 375 g/mol. The number of guanidine groups is 1. The van der Waals surface area contributed by atoms with Crippen molar-refractivity contribution < 1.29 is 4.74 Å². The van der Waals surface area contributed by atoms with E-state index in [-0.39, 0.29) is 6.04 Å². The Morgan fingerprint density at radius 2 is 2.00 bits per heavy atom. The zero-order valence-corrected chi connectivity index (χ0v) is 17.8.